The van der Waals surface area contributed by atoms with Gasteiger partial charge in [-0.05, 0) is 56.8 Å². The lowest BCUT2D eigenvalue weighted by Gasteiger charge is -2.60. The Labute approximate surface area is 129 Å². The maximum absolute atomic E-state index is 10.8. The van der Waals surface area contributed by atoms with Crippen molar-refractivity contribution in [1.29, 1.82) is 0 Å². The summed E-state index contributed by atoms with van der Waals surface area (Å²) in [6.45, 7) is 6.43. The molecule has 0 aromatic rings. The van der Waals surface area contributed by atoms with Crippen molar-refractivity contribution in [3.05, 3.63) is 0 Å². The van der Waals surface area contributed by atoms with E-state index in [1.807, 2.05) is 0 Å². The van der Waals surface area contributed by atoms with Gasteiger partial charge in [-0.1, -0.05) is 27.2 Å². The fourth-order valence-corrected chi connectivity index (χ4v) is 5.69. The lowest BCUT2D eigenvalue weighted by atomic mass is 9.52. The molecule has 21 heavy (non-hydrogen) atoms. The number of ether oxygens (including phenoxy) is 1. The van der Waals surface area contributed by atoms with Gasteiger partial charge in [-0.15, -0.1) is 0 Å². The van der Waals surface area contributed by atoms with E-state index in [0.717, 1.165) is 51.4 Å². The minimum Gasteiger partial charge on any atom is -0.390 e. The summed E-state index contributed by atoms with van der Waals surface area (Å²) < 4.78 is 6.32. The molecule has 2 N–H and O–H groups in total. The molecule has 0 heterocycles. The minimum atomic E-state index is -0.706. The van der Waals surface area contributed by atoms with Crippen LogP contribution in [0.25, 0.3) is 0 Å². The van der Waals surface area contributed by atoms with Gasteiger partial charge in [0.25, 0.3) is 0 Å². The van der Waals surface area contributed by atoms with E-state index < -0.39 is 11.9 Å². The molecule has 122 valence electrons. The topological polar surface area (TPSA) is 49.7 Å². The quantitative estimate of drug-likeness (QED) is 0.736. The predicted octanol–water partition coefficient (Wildman–Crippen LogP) is 3.62. The molecule has 0 saturated heterocycles. The first-order valence-corrected chi connectivity index (χ1v) is 8.90. The van der Waals surface area contributed by atoms with Crippen molar-refractivity contribution in [3.8, 4) is 0 Å². The van der Waals surface area contributed by atoms with Gasteiger partial charge in [0.2, 0.25) is 0 Å². The van der Waals surface area contributed by atoms with Crippen molar-refractivity contribution in [2.75, 3.05) is 0 Å². The van der Waals surface area contributed by atoms with Crippen molar-refractivity contribution >= 4 is 0 Å². The van der Waals surface area contributed by atoms with Gasteiger partial charge in [0.15, 0.2) is 6.29 Å². The van der Waals surface area contributed by atoms with Gasteiger partial charge < -0.3 is 14.9 Å². The summed E-state index contributed by atoms with van der Waals surface area (Å²) in [5.41, 5.74) is -0.944. The first kappa shape index (κ1) is 15.8. The normalized spacial score (nSPS) is 45.6. The predicted molar refractivity (Wildman–Crippen MR) is 82.8 cm³/mol. The second-order valence-corrected chi connectivity index (χ2v) is 8.60. The molecule has 4 atom stereocenters. The molecule has 0 aliphatic heterocycles. The van der Waals surface area contributed by atoms with Crippen molar-refractivity contribution in [2.45, 2.75) is 96.1 Å². The molecule has 4 fully saturated rings. The van der Waals surface area contributed by atoms with Gasteiger partial charge in [-0.3, -0.25) is 0 Å². The number of aliphatic hydroxyl groups is 2. The van der Waals surface area contributed by atoms with E-state index in [1.165, 1.54) is 6.42 Å². The third-order valence-corrected chi connectivity index (χ3v) is 6.56. The molecule has 4 bridgehead atoms. The Balaban J connectivity index is 1.75. The Hall–Kier alpha value is -0.120. The van der Waals surface area contributed by atoms with Crippen LogP contribution in [-0.2, 0) is 4.74 Å². The summed E-state index contributed by atoms with van der Waals surface area (Å²) >= 11 is 0. The van der Waals surface area contributed by atoms with Crippen LogP contribution < -0.4 is 0 Å². The van der Waals surface area contributed by atoms with Crippen molar-refractivity contribution in [2.24, 2.45) is 17.3 Å². The second-order valence-electron chi connectivity index (χ2n) is 8.60. The highest BCUT2D eigenvalue weighted by atomic mass is 16.6. The van der Waals surface area contributed by atoms with E-state index in [9.17, 15) is 10.2 Å². The maximum Gasteiger partial charge on any atom is 0.160 e. The monoisotopic (exact) mass is 296 g/mol. The van der Waals surface area contributed by atoms with Crippen LogP contribution in [0.15, 0.2) is 0 Å². The number of hydrogen-bond acceptors (Lipinski definition) is 3. The van der Waals surface area contributed by atoms with Crippen LogP contribution in [0.4, 0.5) is 0 Å². The molecule has 3 nitrogen and oxygen atoms in total. The smallest absolute Gasteiger partial charge is 0.160 e. The van der Waals surface area contributed by atoms with E-state index >= 15 is 0 Å². The standard InChI is InChI=1S/C18H32O3/c1-4-6-16(3,5-2)15(19)21-18-10-13-7-14(11-18)9-17(20,8-13)12-18/h13-15,19-20H,4-12H2,1-3H3/t13?,14?,15-,16?,17?,18?/m1/s1. The summed E-state index contributed by atoms with van der Waals surface area (Å²) in [6.07, 6.45) is 8.22. The Kier molecular flexibility index (Phi) is 3.91. The molecule has 3 heteroatoms. The average molecular weight is 296 g/mol. The van der Waals surface area contributed by atoms with Crippen molar-refractivity contribution in [3.63, 3.8) is 0 Å². The lowest BCUT2D eigenvalue weighted by Crippen LogP contribution is -2.61. The average Bonchev–Trinajstić information content (AvgIpc) is 2.35. The van der Waals surface area contributed by atoms with E-state index in [0.29, 0.717) is 11.8 Å². The van der Waals surface area contributed by atoms with E-state index in [1.54, 1.807) is 0 Å². The van der Waals surface area contributed by atoms with Crippen LogP contribution in [0.3, 0.4) is 0 Å². The zero-order valence-corrected chi connectivity index (χ0v) is 13.9. The highest BCUT2D eigenvalue weighted by molar-refractivity contribution is 5.10. The fraction of sp³-hybridized carbons (Fsp3) is 1.00. The molecule has 4 aliphatic rings. The van der Waals surface area contributed by atoms with Gasteiger partial charge in [0, 0.05) is 11.8 Å². The Morgan fingerprint density at radius 3 is 2.29 bits per heavy atom. The number of rotatable bonds is 6. The van der Waals surface area contributed by atoms with Crippen molar-refractivity contribution < 1.29 is 14.9 Å². The van der Waals surface area contributed by atoms with Gasteiger partial charge in [0.1, 0.15) is 0 Å². The fourth-order valence-electron chi connectivity index (χ4n) is 5.69. The molecule has 0 spiro atoms. The zero-order chi connectivity index (χ0) is 15.3. The zero-order valence-electron chi connectivity index (χ0n) is 13.9. The number of aliphatic hydroxyl groups excluding tert-OH is 1. The molecule has 4 rings (SSSR count). The summed E-state index contributed by atoms with van der Waals surface area (Å²) in [6, 6.07) is 0. The highest BCUT2D eigenvalue weighted by Crippen LogP contribution is 2.59. The summed E-state index contributed by atoms with van der Waals surface area (Å²) in [7, 11) is 0. The summed E-state index contributed by atoms with van der Waals surface area (Å²) in [5.74, 6) is 1.20. The van der Waals surface area contributed by atoms with Crippen LogP contribution in [0.1, 0.15) is 78.6 Å². The van der Waals surface area contributed by atoms with Crippen LogP contribution in [0.2, 0.25) is 0 Å². The summed E-state index contributed by atoms with van der Waals surface area (Å²) in [4.78, 5) is 0. The van der Waals surface area contributed by atoms with Gasteiger partial charge in [0.05, 0.1) is 11.2 Å². The molecule has 4 aliphatic carbocycles. The Bertz CT molecular complexity index is 380. The molecular weight excluding hydrogens is 264 g/mol. The molecule has 0 amide bonds. The molecule has 0 radical (unpaired) electrons. The van der Waals surface area contributed by atoms with Crippen LogP contribution in [-0.4, -0.2) is 27.7 Å². The van der Waals surface area contributed by atoms with Crippen LogP contribution in [0.5, 0.6) is 0 Å². The third-order valence-electron chi connectivity index (χ3n) is 6.56. The maximum atomic E-state index is 10.8. The third kappa shape index (κ3) is 2.77. The molecule has 3 unspecified atom stereocenters. The number of hydrogen-bond donors (Lipinski definition) is 2. The van der Waals surface area contributed by atoms with E-state index in [-0.39, 0.29) is 11.0 Å². The lowest BCUT2D eigenvalue weighted by molar-refractivity contribution is -0.295. The summed E-state index contributed by atoms with van der Waals surface area (Å²) in [5, 5.41) is 21.5. The molecule has 0 aromatic heterocycles. The van der Waals surface area contributed by atoms with Crippen molar-refractivity contribution in [1.82, 2.24) is 0 Å². The first-order valence-electron chi connectivity index (χ1n) is 8.90. The first-order chi connectivity index (χ1) is 9.82. The molecular formula is C18H32O3. The van der Waals surface area contributed by atoms with Gasteiger partial charge >= 0.3 is 0 Å². The highest BCUT2D eigenvalue weighted by Gasteiger charge is 2.59. The van der Waals surface area contributed by atoms with Crippen LogP contribution in [0, 0.1) is 17.3 Å². The molecule has 4 saturated carbocycles. The SMILES string of the molecule is CCCC(C)(CC)[C@H](O)OC12CC3CC(CC(O)(C3)C1)C2. The van der Waals surface area contributed by atoms with E-state index in [4.69, 9.17) is 4.74 Å². The van der Waals surface area contributed by atoms with Crippen LogP contribution >= 0.6 is 0 Å². The van der Waals surface area contributed by atoms with Gasteiger partial charge in [-0.2, -0.15) is 0 Å². The second kappa shape index (κ2) is 5.21. The van der Waals surface area contributed by atoms with E-state index in [2.05, 4.69) is 20.8 Å². The largest absolute Gasteiger partial charge is 0.390 e. The van der Waals surface area contributed by atoms with Gasteiger partial charge in [-0.25, -0.2) is 0 Å². The minimum absolute atomic E-state index is 0.166. The Morgan fingerprint density at radius 2 is 1.81 bits per heavy atom. The molecule has 0 aromatic carbocycles. The Morgan fingerprint density at radius 1 is 1.19 bits per heavy atom.